The zero-order chi connectivity index (χ0) is 12.5. The van der Waals surface area contributed by atoms with Gasteiger partial charge in [0.05, 0.1) is 0 Å². The highest BCUT2D eigenvalue weighted by Crippen LogP contribution is 2.28. The quantitative estimate of drug-likeness (QED) is 0.883. The van der Waals surface area contributed by atoms with Crippen molar-refractivity contribution in [3.8, 4) is 0 Å². The Kier molecular flexibility index (Phi) is 5.23. The van der Waals surface area contributed by atoms with E-state index in [4.69, 9.17) is 0 Å². The van der Waals surface area contributed by atoms with Gasteiger partial charge in [0, 0.05) is 23.1 Å². The lowest BCUT2D eigenvalue weighted by molar-refractivity contribution is 0.141. The molecule has 0 aromatic heterocycles. The number of likely N-dealkylation sites (tertiary alicyclic amines) is 1. The van der Waals surface area contributed by atoms with Crippen LogP contribution in [0.5, 0.6) is 0 Å². The van der Waals surface area contributed by atoms with Gasteiger partial charge in [0.25, 0.3) is 0 Å². The molecule has 2 nitrogen and oxygen atoms in total. The van der Waals surface area contributed by atoms with Gasteiger partial charge in [0.2, 0.25) is 0 Å². The van der Waals surface area contributed by atoms with E-state index in [1.807, 2.05) is 12.1 Å². The van der Waals surface area contributed by atoms with Gasteiger partial charge in [-0.05, 0) is 50.0 Å². The number of hydrogen-bond donors (Lipinski definition) is 1. The molecule has 0 bridgehead atoms. The van der Waals surface area contributed by atoms with Crippen molar-refractivity contribution in [2.24, 2.45) is 11.8 Å². The predicted molar refractivity (Wildman–Crippen MR) is 81.1 cm³/mol. The number of hydrogen-bond acceptors (Lipinski definition) is 2. The number of fused-ring (bicyclic) bond motifs is 1. The van der Waals surface area contributed by atoms with Gasteiger partial charge in [-0.3, -0.25) is 4.90 Å². The van der Waals surface area contributed by atoms with Crippen molar-refractivity contribution in [3.05, 3.63) is 34.1 Å². The molecule has 1 aromatic rings. The Morgan fingerprint density at radius 3 is 2.89 bits per heavy atom. The second-order valence-corrected chi connectivity index (χ2v) is 6.35. The molecule has 19 heavy (non-hydrogen) atoms. The van der Waals surface area contributed by atoms with Crippen LogP contribution in [0.15, 0.2) is 22.7 Å². The average Bonchev–Trinajstić information content (AvgIpc) is 2.80. The summed E-state index contributed by atoms with van der Waals surface area (Å²) < 4.78 is 14.6. The summed E-state index contributed by atoms with van der Waals surface area (Å²) in [5.74, 6) is 1.50. The molecule has 1 aromatic carbocycles. The third kappa shape index (κ3) is 3.48. The molecule has 2 heterocycles. The molecule has 0 radical (unpaired) electrons. The summed E-state index contributed by atoms with van der Waals surface area (Å²) in [5, 5.41) is 3.46. The Morgan fingerprint density at radius 2 is 2.11 bits per heavy atom. The maximum absolute atomic E-state index is 13.8. The van der Waals surface area contributed by atoms with E-state index in [2.05, 4.69) is 26.1 Å². The smallest absolute Gasteiger partial charge is 0.128 e. The van der Waals surface area contributed by atoms with E-state index in [1.54, 1.807) is 6.07 Å². The maximum Gasteiger partial charge on any atom is 0.128 e. The second-order valence-electron chi connectivity index (χ2n) is 5.44. The topological polar surface area (TPSA) is 15.3 Å². The van der Waals surface area contributed by atoms with E-state index in [0.717, 1.165) is 48.1 Å². The highest BCUT2D eigenvalue weighted by atomic mass is 79.9. The molecule has 0 aliphatic carbocycles. The fourth-order valence-corrected chi connectivity index (χ4v) is 3.48. The molecule has 0 amide bonds. The third-order valence-corrected chi connectivity index (χ3v) is 4.69. The minimum Gasteiger partial charge on any atom is -0.316 e. The van der Waals surface area contributed by atoms with Gasteiger partial charge >= 0.3 is 0 Å². The Balaban J connectivity index is 0.00000133. The van der Waals surface area contributed by atoms with Gasteiger partial charge in [0.1, 0.15) is 5.82 Å². The van der Waals surface area contributed by atoms with E-state index >= 15 is 0 Å². The molecule has 5 heteroatoms. The fraction of sp³-hybridized carbons (Fsp3) is 0.571. The summed E-state index contributed by atoms with van der Waals surface area (Å²) in [4.78, 5) is 2.39. The lowest BCUT2D eigenvalue weighted by atomic mass is 9.88. The molecule has 0 saturated carbocycles. The first-order chi connectivity index (χ1) is 8.72. The van der Waals surface area contributed by atoms with Crippen LogP contribution in [0.25, 0.3) is 0 Å². The van der Waals surface area contributed by atoms with E-state index in [1.165, 1.54) is 13.0 Å². The fourth-order valence-electron chi connectivity index (χ4n) is 3.14. The van der Waals surface area contributed by atoms with Crippen LogP contribution in [-0.2, 0) is 6.54 Å². The molecular weight excluding hydrogens is 331 g/mol. The highest BCUT2D eigenvalue weighted by molar-refractivity contribution is 9.10. The van der Waals surface area contributed by atoms with Crippen molar-refractivity contribution in [1.82, 2.24) is 10.2 Å². The highest BCUT2D eigenvalue weighted by Gasteiger charge is 2.32. The number of nitrogens with zero attached hydrogens (tertiary/aromatic N) is 1. The Hall–Kier alpha value is -0.160. The Labute approximate surface area is 128 Å². The van der Waals surface area contributed by atoms with Crippen LogP contribution in [0, 0.1) is 17.7 Å². The number of piperidine rings is 1. The molecule has 0 spiro atoms. The second kappa shape index (κ2) is 6.53. The van der Waals surface area contributed by atoms with E-state index < -0.39 is 0 Å². The van der Waals surface area contributed by atoms with Gasteiger partial charge in [0.15, 0.2) is 0 Å². The molecule has 2 fully saturated rings. The van der Waals surface area contributed by atoms with Crippen LogP contribution in [0.4, 0.5) is 4.39 Å². The zero-order valence-electron chi connectivity index (χ0n) is 10.7. The first-order valence-electron chi connectivity index (χ1n) is 6.59. The van der Waals surface area contributed by atoms with E-state index in [9.17, 15) is 4.39 Å². The molecule has 2 saturated heterocycles. The van der Waals surface area contributed by atoms with Crippen molar-refractivity contribution < 1.29 is 4.39 Å². The lowest BCUT2D eigenvalue weighted by Crippen LogP contribution is -2.39. The molecule has 3 rings (SSSR count). The Bertz CT molecular complexity index is 443. The SMILES string of the molecule is Cl.Fc1cc(Br)ccc1CN1CCC2CNCC2C1. The van der Waals surface area contributed by atoms with Gasteiger partial charge in [-0.15, -0.1) is 12.4 Å². The van der Waals surface area contributed by atoms with Crippen molar-refractivity contribution in [2.75, 3.05) is 26.2 Å². The molecule has 2 unspecified atom stereocenters. The van der Waals surface area contributed by atoms with Crippen LogP contribution in [0.2, 0.25) is 0 Å². The number of halogens is 3. The standard InChI is InChI=1S/C14H18BrFN2.ClH/c15-13-2-1-11(14(16)5-13)8-18-4-3-10-6-17-7-12(10)9-18;/h1-2,5,10,12,17H,3-4,6-9H2;1H. The van der Waals surface area contributed by atoms with Crippen molar-refractivity contribution in [3.63, 3.8) is 0 Å². The molecule has 2 atom stereocenters. The predicted octanol–water partition coefficient (Wildman–Crippen LogP) is 3.05. The minimum atomic E-state index is -0.101. The summed E-state index contributed by atoms with van der Waals surface area (Å²) >= 11 is 3.30. The summed E-state index contributed by atoms with van der Waals surface area (Å²) in [5.41, 5.74) is 0.808. The maximum atomic E-state index is 13.8. The summed E-state index contributed by atoms with van der Waals surface area (Å²) in [6, 6.07) is 5.36. The van der Waals surface area contributed by atoms with Gasteiger partial charge in [-0.1, -0.05) is 22.0 Å². The van der Waals surface area contributed by atoms with Crippen molar-refractivity contribution in [2.45, 2.75) is 13.0 Å². The molecule has 2 aliphatic rings. The first-order valence-corrected chi connectivity index (χ1v) is 7.38. The molecule has 106 valence electrons. The number of nitrogens with one attached hydrogen (secondary N) is 1. The van der Waals surface area contributed by atoms with Gasteiger partial charge < -0.3 is 5.32 Å². The van der Waals surface area contributed by atoms with E-state index in [-0.39, 0.29) is 18.2 Å². The third-order valence-electron chi connectivity index (χ3n) is 4.20. The van der Waals surface area contributed by atoms with Crippen LogP contribution < -0.4 is 5.32 Å². The largest absolute Gasteiger partial charge is 0.316 e. The van der Waals surface area contributed by atoms with Gasteiger partial charge in [-0.2, -0.15) is 0 Å². The number of benzene rings is 1. The van der Waals surface area contributed by atoms with Gasteiger partial charge in [-0.25, -0.2) is 4.39 Å². The lowest BCUT2D eigenvalue weighted by Gasteiger charge is -2.34. The molecule has 2 aliphatic heterocycles. The summed E-state index contributed by atoms with van der Waals surface area (Å²) in [7, 11) is 0. The molecule has 1 N–H and O–H groups in total. The van der Waals surface area contributed by atoms with Crippen molar-refractivity contribution in [1.29, 1.82) is 0 Å². The monoisotopic (exact) mass is 348 g/mol. The Morgan fingerprint density at radius 1 is 1.32 bits per heavy atom. The summed E-state index contributed by atoms with van der Waals surface area (Å²) in [6.07, 6.45) is 1.25. The van der Waals surface area contributed by atoms with Crippen LogP contribution in [0.1, 0.15) is 12.0 Å². The average molecular weight is 350 g/mol. The zero-order valence-corrected chi connectivity index (χ0v) is 13.1. The van der Waals surface area contributed by atoms with E-state index in [0.29, 0.717) is 0 Å². The number of rotatable bonds is 2. The minimum absolute atomic E-state index is 0. The normalized spacial score (nSPS) is 26.8. The van der Waals surface area contributed by atoms with Crippen LogP contribution in [-0.4, -0.2) is 31.1 Å². The first kappa shape index (κ1) is 15.2. The van der Waals surface area contributed by atoms with Crippen LogP contribution in [0.3, 0.4) is 0 Å². The molecular formula is C14H19BrClFN2. The van der Waals surface area contributed by atoms with Crippen molar-refractivity contribution >= 4 is 28.3 Å². The van der Waals surface area contributed by atoms with Crippen LogP contribution >= 0.6 is 28.3 Å². The summed E-state index contributed by atoms with van der Waals surface area (Å²) in [6.45, 7) is 5.24.